The Morgan fingerprint density at radius 2 is 1.96 bits per heavy atom. The fourth-order valence-electron chi connectivity index (χ4n) is 2.70. The zero-order valence-corrected chi connectivity index (χ0v) is 14.3. The fourth-order valence-corrected chi connectivity index (χ4v) is 3.94. The summed E-state index contributed by atoms with van der Waals surface area (Å²) in [6, 6.07) is 9.51. The van der Waals surface area contributed by atoms with E-state index in [2.05, 4.69) is 6.07 Å². The van der Waals surface area contributed by atoms with Crippen LogP contribution in [0.25, 0.3) is 0 Å². The number of methoxy groups -OCH3 is 1. The van der Waals surface area contributed by atoms with Gasteiger partial charge in [-0.2, -0.15) is 0 Å². The van der Waals surface area contributed by atoms with Gasteiger partial charge in [-0.1, -0.05) is 0 Å². The summed E-state index contributed by atoms with van der Waals surface area (Å²) in [4.78, 5) is 16.4. The van der Waals surface area contributed by atoms with Crippen molar-refractivity contribution in [3.63, 3.8) is 0 Å². The molecule has 2 aromatic rings. The number of fused-ring (bicyclic) bond motifs is 1. The highest BCUT2D eigenvalue weighted by atomic mass is 32.1. The van der Waals surface area contributed by atoms with Gasteiger partial charge in [0.2, 0.25) is 0 Å². The summed E-state index contributed by atoms with van der Waals surface area (Å²) in [6.45, 7) is 1.03. The average Bonchev–Trinajstić information content (AvgIpc) is 3.16. The molecule has 0 aliphatic heterocycles. The minimum Gasteiger partial charge on any atom is -0.497 e. The molecule has 1 aliphatic rings. The van der Waals surface area contributed by atoms with Crippen molar-refractivity contribution < 1.29 is 14.3 Å². The van der Waals surface area contributed by atoms with Gasteiger partial charge in [0.05, 0.1) is 18.5 Å². The Balaban J connectivity index is 1.49. The number of aryl methyl sites for hydroxylation is 2. The van der Waals surface area contributed by atoms with Crippen molar-refractivity contribution in [3.8, 4) is 11.5 Å². The topological polar surface area (TPSA) is 38.8 Å². The maximum absolute atomic E-state index is 12.4. The van der Waals surface area contributed by atoms with E-state index in [0.29, 0.717) is 13.2 Å². The third-order valence-corrected chi connectivity index (χ3v) is 5.28. The van der Waals surface area contributed by atoms with Gasteiger partial charge in [-0.3, -0.25) is 4.79 Å². The molecule has 1 aromatic heterocycles. The summed E-state index contributed by atoms with van der Waals surface area (Å²) in [7, 11) is 3.46. The van der Waals surface area contributed by atoms with Gasteiger partial charge in [0, 0.05) is 11.9 Å². The Kier molecular flexibility index (Phi) is 4.86. The quantitative estimate of drug-likeness (QED) is 0.814. The predicted octanol–water partition coefficient (Wildman–Crippen LogP) is 3.40. The number of hydrogen-bond acceptors (Lipinski definition) is 4. The van der Waals surface area contributed by atoms with Crippen LogP contribution in [-0.4, -0.2) is 38.1 Å². The summed E-state index contributed by atoms with van der Waals surface area (Å²) in [5.74, 6) is 1.67. The fraction of sp³-hybridized carbons (Fsp3) is 0.389. The highest BCUT2D eigenvalue weighted by Gasteiger charge is 2.20. The molecular formula is C18H21NO3S. The molecule has 4 nitrogen and oxygen atoms in total. The van der Waals surface area contributed by atoms with Crippen LogP contribution in [0.3, 0.4) is 0 Å². The third-order valence-electron chi connectivity index (χ3n) is 4.06. The van der Waals surface area contributed by atoms with E-state index in [1.165, 1.54) is 16.9 Å². The number of hydrogen-bond donors (Lipinski definition) is 0. The van der Waals surface area contributed by atoms with Gasteiger partial charge in [-0.15, -0.1) is 11.3 Å². The maximum atomic E-state index is 12.4. The van der Waals surface area contributed by atoms with Crippen molar-refractivity contribution in [1.29, 1.82) is 0 Å². The number of amides is 1. The number of ether oxygens (including phenoxy) is 2. The molecule has 23 heavy (non-hydrogen) atoms. The second-order valence-electron chi connectivity index (χ2n) is 5.66. The lowest BCUT2D eigenvalue weighted by Crippen LogP contribution is -2.30. The molecular weight excluding hydrogens is 310 g/mol. The average molecular weight is 331 g/mol. The summed E-state index contributed by atoms with van der Waals surface area (Å²) < 4.78 is 10.8. The molecule has 1 amide bonds. The molecule has 1 heterocycles. The number of thiophene rings is 1. The van der Waals surface area contributed by atoms with Crippen LogP contribution in [0, 0.1) is 0 Å². The van der Waals surface area contributed by atoms with E-state index in [0.717, 1.165) is 29.2 Å². The smallest absolute Gasteiger partial charge is 0.263 e. The molecule has 5 heteroatoms. The lowest BCUT2D eigenvalue weighted by Gasteiger charge is -2.16. The molecule has 0 unspecified atom stereocenters. The number of nitrogens with zero attached hydrogens (tertiary/aromatic N) is 1. The van der Waals surface area contributed by atoms with E-state index in [-0.39, 0.29) is 5.91 Å². The first kappa shape index (κ1) is 15.9. The van der Waals surface area contributed by atoms with E-state index in [4.69, 9.17) is 9.47 Å². The van der Waals surface area contributed by atoms with Gasteiger partial charge in [0.15, 0.2) is 0 Å². The van der Waals surface area contributed by atoms with E-state index in [1.54, 1.807) is 23.3 Å². The molecule has 122 valence electrons. The van der Waals surface area contributed by atoms with Gasteiger partial charge < -0.3 is 14.4 Å². The van der Waals surface area contributed by atoms with E-state index in [9.17, 15) is 4.79 Å². The van der Waals surface area contributed by atoms with Crippen molar-refractivity contribution in [2.45, 2.75) is 19.3 Å². The molecule has 1 aromatic carbocycles. The zero-order chi connectivity index (χ0) is 16.2. The first-order chi connectivity index (χ1) is 11.2. The summed E-state index contributed by atoms with van der Waals surface area (Å²) in [6.07, 6.45) is 3.46. The number of carbonyl (C=O) groups excluding carboxylic acids is 1. The summed E-state index contributed by atoms with van der Waals surface area (Å²) in [5, 5.41) is 0. The minimum absolute atomic E-state index is 0.0859. The van der Waals surface area contributed by atoms with Crippen molar-refractivity contribution in [2.75, 3.05) is 27.3 Å². The molecule has 0 saturated heterocycles. The SMILES string of the molecule is COc1ccc(OCCN(C)C(=O)c2cc3c(s2)CCC3)cc1. The lowest BCUT2D eigenvalue weighted by molar-refractivity contribution is 0.0778. The molecule has 0 N–H and O–H groups in total. The molecule has 0 fully saturated rings. The second kappa shape index (κ2) is 7.04. The largest absolute Gasteiger partial charge is 0.497 e. The van der Waals surface area contributed by atoms with Crippen LogP contribution in [0.15, 0.2) is 30.3 Å². The Bertz CT molecular complexity index is 657. The van der Waals surface area contributed by atoms with Gasteiger partial charge in [-0.05, 0) is 55.2 Å². The Morgan fingerprint density at radius 1 is 1.22 bits per heavy atom. The predicted molar refractivity (Wildman–Crippen MR) is 91.8 cm³/mol. The van der Waals surface area contributed by atoms with Crippen LogP contribution in [0.2, 0.25) is 0 Å². The molecule has 0 spiro atoms. The van der Waals surface area contributed by atoms with Crippen LogP contribution in [-0.2, 0) is 12.8 Å². The summed E-state index contributed by atoms with van der Waals surface area (Å²) >= 11 is 1.65. The molecule has 0 saturated carbocycles. The lowest BCUT2D eigenvalue weighted by atomic mass is 10.2. The van der Waals surface area contributed by atoms with Crippen LogP contribution in [0.4, 0.5) is 0 Å². The monoisotopic (exact) mass is 331 g/mol. The van der Waals surface area contributed by atoms with Crippen molar-refractivity contribution in [2.24, 2.45) is 0 Å². The van der Waals surface area contributed by atoms with Gasteiger partial charge in [0.1, 0.15) is 18.1 Å². The Morgan fingerprint density at radius 3 is 2.65 bits per heavy atom. The minimum atomic E-state index is 0.0859. The maximum Gasteiger partial charge on any atom is 0.263 e. The number of carbonyl (C=O) groups is 1. The Labute approximate surface area is 140 Å². The van der Waals surface area contributed by atoms with E-state index in [1.807, 2.05) is 31.3 Å². The van der Waals surface area contributed by atoms with E-state index < -0.39 is 0 Å². The van der Waals surface area contributed by atoms with Gasteiger partial charge in [0.25, 0.3) is 5.91 Å². The van der Waals surface area contributed by atoms with Crippen LogP contribution in [0.5, 0.6) is 11.5 Å². The first-order valence-corrected chi connectivity index (χ1v) is 8.63. The van der Waals surface area contributed by atoms with Crippen LogP contribution < -0.4 is 9.47 Å². The summed E-state index contributed by atoms with van der Waals surface area (Å²) in [5.41, 5.74) is 1.36. The first-order valence-electron chi connectivity index (χ1n) is 7.81. The highest BCUT2D eigenvalue weighted by Crippen LogP contribution is 2.31. The molecule has 0 bridgehead atoms. The Hall–Kier alpha value is -2.01. The zero-order valence-electron chi connectivity index (χ0n) is 13.5. The standard InChI is InChI=1S/C18H21NO3S/c1-19(10-11-22-15-8-6-14(21-2)7-9-15)18(20)17-12-13-4-3-5-16(13)23-17/h6-9,12H,3-5,10-11H2,1-2H3. The molecule has 0 atom stereocenters. The molecule has 3 rings (SSSR count). The van der Waals surface area contributed by atoms with Gasteiger partial charge in [-0.25, -0.2) is 0 Å². The molecule has 0 radical (unpaired) electrons. The van der Waals surface area contributed by atoms with Crippen molar-refractivity contribution in [3.05, 3.63) is 45.6 Å². The second-order valence-corrected chi connectivity index (χ2v) is 6.80. The molecule has 1 aliphatic carbocycles. The normalized spacial score (nSPS) is 12.8. The highest BCUT2D eigenvalue weighted by molar-refractivity contribution is 7.14. The van der Waals surface area contributed by atoms with Crippen molar-refractivity contribution >= 4 is 17.2 Å². The third kappa shape index (κ3) is 3.67. The number of likely N-dealkylation sites (N-methyl/N-ethyl adjacent to an activating group) is 1. The number of rotatable bonds is 6. The number of benzene rings is 1. The van der Waals surface area contributed by atoms with E-state index >= 15 is 0 Å². The van der Waals surface area contributed by atoms with Crippen LogP contribution in [0.1, 0.15) is 26.5 Å². The van der Waals surface area contributed by atoms with Gasteiger partial charge >= 0.3 is 0 Å². The van der Waals surface area contributed by atoms with Crippen LogP contribution >= 0.6 is 11.3 Å². The van der Waals surface area contributed by atoms with Crippen molar-refractivity contribution in [1.82, 2.24) is 4.90 Å².